The topological polar surface area (TPSA) is 0 Å². The fourth-order valence-corrected chi connectivity index (χ4v) is 5.92. The zero-order valence-electron chi connectivity index (χ0n) is 7.75. The van der Waals surface area contributed by atoms with Gasteiger partial charge in [-0.05, 0) is 31.4 Å². The van der Waals surface area contributed by atoms with E-state index in [1.165, 1.54) is 36.9 Å². The van der Waals surface area contributed by atoms with Gasteiger partial charge < -0.3 is 0 Å². The molecule has 0 atom stereocenters. The first-order chi connectivity index (χ1) is 6.31. The van der Waals surface area contributed by atoms with E-state index in [0.717, 1.165) is 0 Å². The summed E-state index contributed by atoms with van der Waals surface area (Å²) in [6.07, 6.45) is 6.52. The van der Waals surface area contributed by atoms with E-state index in [1.54, 1.807) is 0 Å². The van der Waals surface area contributed by atoms with E-state index in [9.17, 15) is 0 Å². The third-order valence-corrected chi connectivity index (χ3v) is 7.62. The van der Waals surface area contributed by atoms with E-state index >= 15 is 0 Å². The Labute approximate surface area is 85.4 Å². The van der Waals surface area contributed by atoms with Crippen LogP contribution >= 0.6 is 17.9 Å². The van der Waals surface area contributed by atoms with Crippen molar-refractivity contribution in [3.8, 4) is 0 Å². The van der Waals surface area contributed by atoms with Gasteiger partial charge in [-0.2, -0.15) is 0 Å². The number of halogens is 1. The van der Waals surface area contributed by atoms with Gasteiger partial charge in [0.15, 0.2) is 0 Å². The molecule has 1 saturated heterocycles. The smallest absolute Gasteiger partial charge is 0.0620 e. The van der Waals surface area contributed by atoms with Gasteiger partial charge in [0.1, 0.15) is 11.9 Å². The van der Waals surface area contributed by atoms with Gasteiger partial charge in [0, 0.05) is 0 Å². The lowest BCUT2D eigenvalue weighted by Crippen LogP contribution is -2.16. The molecule has 1 heterocycles. The van der Waals surface area contributed by atoms with Gasteiger partial charge in [0.25, 0.3) is 0 Å². The molecule has 1 aliphatic heterocycles. The highest BCUT2D eigenvalue weighted by atomic mass is 35.7. The zero-order chi connectivity index (χ0) is 9.15. The lowest BCUT2D eigenvalue weighted by Gasteiger charge is -2.22. The second-order valence-corrected chi connectivity index (χ2v) is 8.79. The summed E-state index contributed by atoms with van der Waals surface area (Å²) in [7, 11) is 0. The number of rotatable bonds is 1. The van der Waals surface area contributed by atoms with Crippen LogP contribution in [0.15, 0.2) is 30.3 Å². The molecule has 0 aromatic heterocycles. The van der Waals surface area contributed by atoms with E-state index in [1.807, 2.05) is 0 Å². The number of hydrogen-bond acceptors (Lipinski definition) is 0. The van der Waals surface area contributed by atoms with Gasteiger partial charge in [-0.3, -0.25) is 0 Å². The summed E-state index contributed by atoms with van der Waals surface area (Å²) in [5.74, 6) is 0. The third kappa shape index (κ3) is 2.06. The Hall–Kier alpha value is -0.0600. The first kappa shape index (κ1) is 9.49. The predicted molar refractivity (Wildman–Crippen MR) is 62.4 cm³/mol. The third-order valence-electron chi connectivity index (χ3n) is 2.74. The van der Waals surface area contributed by atoms with E-state index in [4.69, 9.17) is 11.2 Å². The minimum absolute atomic E-state index is 1.24. The van der Waals surface area contributed by atoms with Crippen LogP contribution in [0.2, 0.25) is 0 Å². The molecular weight excluding hydrogens is 199 g/mol. The van der Waals surface area contributed by atoms with Crippen molar-refractivity contribution in [2.24, 2.45) is 0 Å². The molecule has 1 aliphatic rings. The minimum Gasteiger partial charge on any atom is -0.0620 e. The Morgan fingerprint density at radius 3 is 2.15 bits per heavy atom. The first-order valence-electron chi connectivity index (χ1n) is 4.94. The second-order valence-electron chi connectivity index (χ2n) is 3.71. The molecular formula is C11H15ClP+. The Balaban J connectivity index is 2.23. The molecule has 0 N–H and O–H groups in total. The monoisotopic (exact) mass is 213 g/mol. The maximum Gasteiger partial charge on any atom is 0.146 e. The lowest BCUT2D eigenvalue weighted by molar-refractivity contribution is 0.753. The molecule has 2 heteroatoms. The molecule has 0 nitrogen and oxygen atoms in total. The van der Waals surface area contributed by atoms with Crippen LogP contribution in [-0.2, 0) is 0 Å². The molecule has 0 unspecified atom stereocenters. The van der Waals surface area contributed by atoms with Crippen LogP contribution < -0.4 is 5.30 Å². The fourth-order valence-electron chi connectivity index (χ4n) is 1.97. The van der Waals surface area contributed by atoms with Crippen molar-refractivity contribution < 1.29 is 0 Å². The summed E-state index contributed by atoms with van der Waals surface area (Å²) in [5, 5.41) is 1.41. The molecule has 0 aliphatic carbocycles. The normalized spacial score (nSPS) is 21.3. The Morgan fingerprint density at radius 1 is 0.923 bits per heavy atom. The van der Waals surface area contributed by atoms with Crippen LogP contribution in [0.3, 0.4) is 0 Å². The van der Waals surface area contributed by atoms with Gasteiger partial charge in [-0.15, -0.1) is 0 Å². The highest BCUT2D eigenvalue weighted by Crippen LogP contribution is 2.65. The Bertz CT molecular complexity index is 265. The van der Waals surface area contributed by atoms with Crippen molar-refractivity contribution in [1.29, 1.82) is 0 Å². The Kier molecular flexibility index (Phi) is 2.91. The summed E-state index contributed by atoms with van der Waals surface area (Å²) in [6.45, 7) is -1.24. The Morgan fingerprint density at radius 2 is 1.54 bits per heavy atom. The molecule has 0 bridgehead atoms. The van der Waals surface area contributed by atoms with Crippen LogP contribution in [-0.4, -0.2) is 12.3 Å². The van der Waals surface area contributed by atoms with Crippen LogP contribution in [0.1, 0.15) is 19.3 Å². The second kappa shape index (κ2) is 3.98. The largest absolute Gasteiger partial charge is 0.146 e. The zero-order valence-corrected chi connectivity index (χ0v) is 9.40. The highest BCUT2D eigenvalue weighted by Gasteiger charge is 2.39. The van der Waals surface area contributed by atoms with Gasteiger partial charge >= 0.3 is 0 Å². The average Bonchev–Trinajstić information content (AvgIpc) is 2.20. The van der Waals surface area contributed by atoms with Crippen molar-refractivity contribution in [2.75, 3.05) is 12.3 Å². The van der Waals surface area contributed by atoms with Crippen LogP contribution in [0.25, 0.3) is 0 Å². The molecule has 1 fully saturated rings. The maximum atomic E-state index is 6.71. The number of hydrogen-bond donors (Lipinski definition) is 0. The minimum atomic E-state index is -1.24. The van der Waals surface area contributed by atoms with Gasteiger partial charge in [-0.1, -0.05) is 18.2 Å². The standard InChI is InChI=1S/C11H15ClP/c12-13(9-5-2-6-10-13)11-7-3-1-4-8-11/h1,3-4,7-8H,2,5-6,9-10H2/q+1. The van der Waals surface area contributed by atoms with E-state index in [2.05, 4.69) is 30.3 Å². The van der Waals surface area contributed by atoms with E-state index in [0.29, 0.717) is 0 Å². The summed E-state index contributed by atoms with van der Waals surface area (Å²) in [6, 6.07) is 10.7. The van der Waals surface area contributed by atoms with Gasteiger partial charge in [0.05, 0.1) is 23.6 Å². The maximum absolute atomic E-state index is 6.71. The number of benzene rings is 1. The predicted octanol–water partition coefficient (Wildman–Crippen LogP) is 3.67. The molecule has 0 saturated carbocycles. The van der Waals surface area contributed by atoms with Crippen molar-refractivity contribution >= 4 is 23.2 Å². The van der Waals surface area contributed by atoms with Crippen LogP contribution in [0.4, 0.5) is 0 Å². The molecule has 0 radical (unpaired) electrons. The van der Waals surface area contributed by atoms with Gasteiger partial charge in [-0.25, -0.2) is 0 Å². The quantitative estimate of drug-likeness (QED) is 0.625. The molecule has 0 amide bonds. The summed E-state index contributed by atoms with van der Waals surface area (Å²) in [4.78, 5) is 0. The van der Waals surface area contributed by atoms with Crippen LogP contribution in [0, 0.1) is 0 Å². The molecule has 1 aromatic rings. The molecule has 13 heavy (non-hydrogen) atoms. The van der Waals surface area contributed by atoms with Crippen molar-refractivity contribution in [2.45, 2.75) is 19.3 Å². The fraction of sp³-hybridized carbons (Fsp3) is 0.455. The van der Waals surface area contributed by atoms with E-state index < -0.39 is 6.62 Å². The SMILES string of the molecule is Cl[P+]1(c2ccccc2)CCCCC1. The summed E-state index contributed by atoms with van der Waals surface area (Å²) in [5.41, 5.74) is 0. The molecule has 1 aromatic carbocycles. The summed E-state index contributed by atoms with van der Waals surface area (Å²) < 4.78 is 0. The van der Waals surface area contributed by atoms with Gasteiger partial charge in [0.2, 0.25) is 0 Å². The van der Waals surface area contributed by atoms with Crippen molar-refractivity contribution in [3.05, 3.63) is 30.3 Å². The van der Waals surface area contributed by atoms with Crippen LogP contribution in [0.5, 0.6) is 0 Å². The van der Waals surface area contributed by atoms with Crippen molar-refractivity contribution in [1.82, 2.24) is 0 Å². The molecule has 0 spiro atoms. The molecule has 2 rings (SSSR count). The summed E-state index contributed by atoms with van der Waals surface area (Å²) >= 11 is 6.71. The van der Waals surface area contributed by atoms with E-state index in [-0.39, 0.29) is 0 Å². The average molecular weight is 214 g/mol. The molecule has 70 valence electrons. The lowest BCUT2D eigenvalue weighted by atomic mass is 10.3. The van der Waals surface area contributed by atoms with Crippen molar-refractivity contribution in [3.63, 3.8) is 0 Å². The highest BCUT2D eigenvalue weighted by molar-refractivity contribution is 8.04. The first-order valence-corrected chi connectivity index (χ1v) is 8.00.